The Hall–Kier alpha value is -2.60. The second-order valence-corrected chi connectivity index (χ2v) is 7.22. The number of carbonyl (C=O) groups excluding carboxylic acids is 1. The van der Waals surface area contributed by atoms with E-state index in [0.29, 0.717) is 31.1 Å². The molecule has 6 heteroatoms. The highest BCUT2D eigenvalue weighted by atomic mass is 19.1. The number of methoxy groups -OCH3 is 1. The molecule has 0 spiro atoms. The molecule has 1 N–H and O–H groups in total. The first-order valence-corrected chi connectivity index (χ1v) is 10.2. The number of unbranched alkanes of at least 4 members (excludes halogenated alkanes) is 1. The van der Waals surface area contributed by atoms with E-state index in [1.54, 1.807) is 12.0 Å². The van der Waals surface area contributed by atoms with Crippen molar-refractivity contribution in [1.29, 1.82) is 0 Å². The van der Waals surface area contributed by atoms with Crippen molar-refractivity contribution in [1.82, 2.24) is 5.32 Å². The lowest BCUT2D eigenvalue weighted by Crippen LogP contribution is -2.29. The van der Waals surface area contributed by atoms with Gasteiger partial charge in [0.1, 0.15) is 23.9 Å². The SMILES string of the molecule is COc1ccc(CCCCNCCOc2cc(F)cc3c2N(C=O)CCC3)cc1. The zero-order valence-electron chi connectivity index (χ0n) is 17.0. The lowest BCUT2D eigenvalue weighted by Gasteiger charge is -2.28. The molecule has 0 aliphatic carbocycles. The zero-order valence-corrected chi connectivity index (χ0v) is 17.0. The highest BCUT2D eigenvalue weighted by molar-refractivity contribution is 5.82. The summed E-state index contributed by atoms with van der Waals surface area (Å²) in [4.78, 5) is 12.9. The fraction of sp³-hybridized carbons (Fsp3) is 0.435. The van der Waals surface area contributed by atoms with Crippen LogP contribution in [0.4, 0.5) is 10.1 Å². The smallest absolute Gasteiger partial charge is 0.214 e. The summed E-state index contributed by atoms with van der Waals surface area (Å²) in [6.07, 6.45) is 5.61. The van der Waals surface area contributed by atoms with Crippen molar-refractivity contribution in [3.63, 3.8) is 0 Å². The normalized spacial score (nSPS) is 13.1. The second kappa shape index (κ2) is 10.8. The van der Waals surface area contributed by atoms with E-state index in [4.69, 9.17) is 9.47 Å². The number of aryl methyl sites for hydroxylation is 2. The maximum Gasteiger partial charge on any atom is 0.214 e. The second-order valence-electron chi connectivity index (χ2n) is 7.22. The van der Waals surface area contributed by atoms with Gasteiger partial charge in [-0.3, -0.25) is 4.79 Å². The molecule has 1 heterocycles. The number of anilines is 1. The number of ether oxygens (including phenoxy) is 2. The molecular formula is C23H29FN2O3. The lowest BCUT2D eigenvalue weighted by molar-refractivity contribution is -0.107. The minimum absolute atomic E-state index is 0.321. The van der Waals surface area contributed by atoms with Crippen LogP contribution < -0.4 is 19.7 Å². The summed E-state index contributed by atoms with van der Waals surface area (Å²) < 4.78 is 24.8. The van der Waals surface area contributed by atoms with E-state index in [-0.39, 0.29) is 5.82 Å². The molecule has 0 radical (unpaired) electrons. The van der Waals surface area contributed by atoms with E-state index in [9.17, 15) is 9.18 Å². The first-order chi connectivity index (χ1) is 14.2. The van der Waals surface area contributed by atoms with Crippen molar-refractivity contribution in [3.05, 3.63) is 53.3 Å². The first-order valence-electron chi connectivity index (χ1n) is 10.2. The van der Waals surface area contributed by atoms with Gasteiger partial charge in [-0.25, -0.2) is 4.39 Å². The highest BCUT2D eigenvalue weighted by Gasteiger charge is 2.22. The van der Waals surface area contributed by atoms with E-state index in [0.717, 1.165) is 56.4 Å². The van der Waals surface area contributed by atoms with E-state index in [2.05, 4.69) is 17.4 Å². The number of benzene rings is 2. The standard InChI is InChI=1S/C23H29FN2O3/c1-28-21-9-7-18(8-10-21)5-2-3-11-25-12-14-29-22-16-20(24)15-19-6-4-13-26(17-27)23(19)22/h7-10,15-17,25H,2-6,11-14H2,1H3. The van der Waals surface area contributed by atoms with Gasteiger partial charge in [-0.2, -0.15) is 0 Å². The number of hydrogen-bond acceptors (Lipinski definition) is 4. The van der Waals surface area contributed by atoms with Gasteiger partial charge in [-0.15, -0.1) is 0 Å². The number of amides is 1. The van der Waals surface area contributed by atoms with Crippen molar-refractivity contribution in [3.8, 4) is 11.5 Å². The molecule has 0 aromatic heterocycles. The molecule has 2 aromatic rings. The molecule has 0 bridgehead atoms. The first kappa shape index (κ1) is 21.1. The van der Waals surface area contributed by atoms with Gasteiger partial charge in [0.05, 0.1) is 12.8 Å². The fourth-order valence-corrected chi connectivity index (χ4v) is 3.64. The largest absolute Gasteiger partial charge is 0.497 e. The summed E-state index contributed by atoms with van der Waals surface area (Å²) in [6, 6.07) is 11.0. The van der Waals surface area contributed by atoms with Crippen molar-refractivity contribution in [2.24, 2.45) is 0 Å². The molecule has 1 amide bonds. The number of nitrogens with one attached hydrogen (secondary N) is 1. The minimum Gasteiger partial charge on any atom is -0.497 e. The monoisotopic (exact) mass is 400 g/mol. The predicted octanol–water partition coefficient (Wildman–Crippen LogP) is 3.73. The number of nitrogens with zero attached hydrogens (tertiary/aromatic N) is 1. The summed E-state index contributed by atoms with van der Waals surface area (Å²) in [7, 11) is 1.67. The number of rotatable bonds is 11. The van der Waals surface area contributed by atoms with Crippen molar-refractivity contribution >= 4 is 12.1 Å². The average molecular weight is 400 g/mol. The highest BCUT2D eigenvalue weighted by Crippen LogP contribution is 2.36. The summed E-state index contributed by atoms with van der Waals surface area (Å²) in [6.45, 7) is 2.65. The number of halogens is 1. The van der Waals surface area contributed by atoms with E-state index in [1.165, 1.54) is 17.7 Å². The van der Waals surface area contributed by atoms with Crippen LogP contribution in [0.1, 0.15) is 30.4 Å². The van der Waals surface area contributed by atoms with Crippen LogP contribution in [-0.4, -0.2) is 39.8 Å². The molecule has 5 nitrogen and oxygen atoms in total. The van der Waals surface area contributed by atoms with Crippen LogP contribution in [0.15, 0.2) is 36.4 Å². The van der Waals surface area contributed by atoms with E-state index < -0.39 is 0 Å². The Bertz CT molecular complexity index is 795. The molecule has 1 aliphatic heterocycles. The molecule has 0 atom stereocenters. The van der Waals surface area contributed by atoms with Gasteiger partial charge in [-0.05, 0) is 68.0 Å². The lowest BCUT2D eigenvalue weighted by atomic mass is 10.0. The van der Waals surface area contributed by atoms with Gasteiger partial charge in [-0.1, -0.05) is 12.1 Å². The topological polar surface area (TPSA) is 50.8 Å². The molecule has 2 aromatic carbocycles. The van der Waals surface area contributed by atoms with Crippen LogP contribution in [0.2, 0.25) is 0 Å². The third-order valence-corrected chi connectivity index (χ3v) is 5.14. The van der Waals surface area contributed by atoms with E-state index >= 15 is 0 Å². The molecule has 3 rings (SSSR count). The van der Waals surface area contributed by atoms with Crippen LogP contribution in [0.5, 0.6) is 11.5 Å². The minimum atomic E-state index is -0.321. The fourth-order valence-electron chi connectivity index (χ4n) is 3.64. The zero-order chi connectivity index (χ0) is 20.5. The number of carbonyl (C=O) groups is 1. The number of fused-ring (bicyclic) bond motifs is 1. The van der Waals surface area contributed by atoms with Crippen LogP contribution in [0, 0.1) is 5.82 Å². The Morgan fingerprint density at radius 3 is 2.76 bits per heavy atom. The molecule has 156 valence electrons. The van der Waals surface area contributed by atoms with Crippen LogP contribution in [-0.2, 0) is 17.6 Å². The summed E-state index contributed by atoms with van der Waals surface area (Å²) in [5.74, 6) is 1.01. The van der Waals surface area contributed by atoms with Crippen molar-refractivity contribution < 1.29 is 18.7 Å². The van der Waals surface area contributed by atoms with Gasteiger partial charge in [0.15, 0.2) is 0 Å². The Morgan fingerprint density at radius 1 is 1.17 bits per heavy atom. The molecule has 29 heavy (non-hydrogen) atoms. The summed E-state index contributed by atoms with van der Waals surface area (Å²) in [5.41, 5.74) is 2.86. The predicted molar refractivity (Wildman–Crippen MR) is 112 cm³/mol. The molecule has 0 fully saturated rings. The van der Waals surface area contributed by atoms with Gasteiger partial charge in [0, 0.05) is 19.2 Å². The van der Waals surface area contributed by atoms with E-state index in [1.807, 2.05) is 12.1 Å². The summed E-state index contributed by atoms with van der Waals surface area (Å²) >= 11 is 0. The maximum absolute atomic E-state index is 13.9. The third kappa shape index (κ3) is 5.94. The van der Waals surface area contributed by atoms with Crippen LogP contribution in [0.25, 0.3) is 0 Å². The van der Waals surface area contributed by atoms with Gasteiger partial charge >= 0.3 is 0 Å². The van der Waals surface area contributed by atoms with Gasteiger partial charge < -0.3 is 19.7 Å². The summed E-state index contributed by atoms with van der Waals surface area (Å²) in [5, 5.41) is 3.36. The number of hydrogen-bond donors (Lipinski definition) is 1. The maximum atomic E-state index is 13.9. The Labute approximate surface area is 171 Å². The quantitative estimate of drug-likeness (QED) is 0.461. The van der Waals surface area contributed by atoms with Crippen molar-refractivity contribution in [2.75, 3.05) is 38.3 Å². The van der Waals surface area contributed by atoms with Crippen LogP contribution in [0.3, 0.4) is 0 Å². The molecule has 1 aliphatic rings. The van der Waals surface area contributed by atoms with Gasteiger partial charge in [0.2, 0.25) is 6.41 Å². The Morgan fingerprint density at radius 2 is 2.00 bits per heavy atom. The van der Waals surface area contributed by atoms with Gasteiger partial charge in [0.25, 0.3) is 0 Å². The Kier molecular flexibility index (Phi) is 7.87. The molecule has 0 unspecified atom stereocenters. The molecular weight excluding hydrogens is 371 g/mol. The Balaban J connectivity index is 1.36. The third-order valence-electron chi connectivity index (χ3n) is 5.14. The van der Waals surface area contributed by atoms with Crippen LogP contribution >= 0.6 is 0 Å². The molecule has 0 saturated carbocycles. The van der Waals surface area contributed by atoms with Crippen molar-refractivity contribution in [2.45, 2.75) is 32.1 Å². The average Bonchev–Trinajstić information content (AvgIpc) is 2.75. The molecule has 0 saturated heterocycles.